The maximum atomic E-state index is 11.9. The molecule has 0 aromatic heterocycles. The van der Waals surface area contributed by atoms with Crippen molar-refractivity contribution in [1.29, 1.82) is 0 Å². The smallest absolute Gasteiger partial charge is 0.255 e. The largest absolute Gasteiger partial charge is 0.504 e. The van der Waals surface area contributed by atoms with Crippen LogP contribution in [0.1, 0.15) is 24.0 Å². The van der Waals surface area contributed by atoms with Gasteiger partial charge < -0.3 is 26.4 Å². The fraction of sp³-hybridized carbons (Fsp3) is 0.333. The first-order valence-corrected chi connectivity index (χ1v) is 9.10. The van der Waals surface area contributed by atoms with Crippen molar-refractivity contribution in [3.63, 3.8) is 0 Å². The molecule has 0 heterocycles. The lowest BCUT2D eigenvalue weighted by Crippen LogP contribution is -2.29. The Morgan fingerprint density at radius 2 is 1.75 bits per heavy atom. The maximum absolute atomic E-state index is 11.9. The highest BCUT2D eigenvalue weighted by Crippen LogP contribution is 2.32. The third kappa shape index (κ3) is 6.59. The van der Waals surface area contributed by atoms with Crippen molar-refractivity contribution >= 4 is 11.8 Å². The van der Waals surface area contributed by atoms with Crippen LogP contribution in [-0.2, 0) is 22.4 Å². The number of aryl methyl sites for hydroxylation is 1. The normalized spacial score (nSPS) is 12.9. The van der Waals surface area contributed by atoms with Gasteiger partial charge in [0.25, 0.3) is 5.91 Å². The summed E-state index contributed by atoms with van der Waals surface area (Å²) in [6.45, 7) is -0.367. The molecule has 6 N–H and O–H groups in total. The van der Waals surface area contributed by atoms with Crippen LogP contribution in [0.3, 0.4) is 0 Å². The summed E-state index contributed by atoms with van der Waals surface area (Å²) in [4.78, 5) is 22.7. The summed E-state index contributed by atoms with van der Waals surface area (Å²) >= 11 is 0. The van der Waals surface area contributed by atoms with E-state index in [1.165, 1.54) is 6.07 Å². The minimum Gasteiger partial charge on any atom is -0.504 e. The number of amides is 2. The van der Waals surface area contributed by atoms with Gasteiger partial charge in [-0.2, -0.15) is 0 Å². The van der Waals surface area contributed by atoms with Gasteiger partial charge in [-0.1, -0.05) is 42.5 Å². The molecule has 0 bridgehead atoms. The van der Waals surface area contributed by atoms with E-state index in [0.717, 1.165) is 5.56 Å². The van der Waals surface area contributed by atoms with Crippen molar-refractivity contribution in [2.24, 2.45) is 17.4 Å². The zero-order chi connectivity index (χ0) is 20.5. The number of para-hydroxylation sites is 1. The predicted octanol–water partition coefficient (Wildman–Crippen LogP) is 1.28. The fourth-order valence-electron chi connectivity index (χ4n) is 2.99. The zero-order valence-electron chi connectivity index (χ0n) is 15.6. The van der Waals surface area contributed by atoms with E-state index in [1.54, 1.807) is 12.1 Å². The second-order valence-corrected chi connectivity index (χ2v) is 6.74. The van der Waals surface area contributed by atoms with Crippen molar-refractivity contribution in [3.8, 4) is 11.5 Å². The molecule has 0 aliphatic carbocycles. The number of carbonyl (C=O) groups is 2. The maximum Gasteiger partial charge on any atom is 0.255 e. The Labute approximate surface area is 163 Å². The molecule has 150 valence electrons. The fourth-order valence-corrected chi connectivity index (χ4v) is 2.99. The number of phenols is 1. The lowest BCUT2D eigenvalue weighted by Gasteiger charge is -2.19. The molecule has 28 heavy (non-hydrogen) atoms. The van der Waals surface area contributed by atoms with Gasteiger partial charge in [-0.05, 0) is 42.9 Å². The van der Waals surface area contributed by atoms with E-state index < -0.39 is 23.8 Å². The standard InChI is InChI=1S/C21H26N2O5/c22-19(25)13-28-18-8-4-7-15(20(18)26)11-16(21(23)27)12-17(24)10-9-14-5-2-1-3-6-14/h1-8,16-17,24,26H,9-13H2,(H2,22,25)(H2,23,27). The summed E-state index contributed by atoms with van der Waals surface area (Å²) in [6.07, 6.45) is 0.830. The molecule has 7 heteroatoms. The van der Waals surface area contributed by atoms with Crippen molar-refractivity contribution in [2.75, 3.05) is 6.61 Å². The Morgan fingerprint density at radius 1 is 1.04 bits per heavy atom. The van der Waals surface area contributed by atoms with Gasteiger partial charge in [0.1, 0.15) is 0 Å². The molecule has 0 fully saturated rings. The monoisotopic (exact) mass is 386 g/mol. The Balaban J connectivity index is 1.99. The SMILES string of the molecule is NC(=O)COc1cccc(CC(CC(O)CCc2ccccc2)C(N)=O)c1O. The number of benzene rings is 2. The molecule has 0 aliphatic rings. The lowest BCUT2D eigenvalue weighted by molar-refractivity contribution is -0.123. The average molecular weight is 386 g/mol. The molecule has 0 saturated carbocycles. The third-order valence-electron chi connectivity index (χ3n) is 4.49. The second-order valence-electron chi connectivity index (χ2n) is 6.74. The molecule has 2 aromatic carbocycles. The number of aliphatic hydroxyl groups is 1. The molecule has 0 radical (unpaired) electrons. The summed E-state index contributed by atoms with van der Waals surface area (Å²) in [5.41, 5.74) is 12.1. The molecular formula is C21H26N2O5. The summed E-state index contributed by atoms with van der Waals surface area (Å²) in [7, 11) is 0. The van der Waals surface area contributed by atoms with Crippen LogP contribution < -0.4 is 16.2 Å². The Morgan fingerprint density at radius 3 is 2.39 bits per heavy atom. The van der Waals surface area contributed by atoms with Gasteiger partial charge in [0.2, 0.25) is 5.91 Å². The molecule has 0 spiro atoms. The minimum atomic E-state index is -0.700. The summed E-state index contributed by atoms with van der Waals surface area (Å²) < 4.78 is 5.16. The minimum absolute atomic E-state index is 0.101. The van der Waals surface area contributed by atoms with Crippen molar-refractivity contribution in [1.82, 2.24) is 0 Å². The Hall–Kier alpha value is -3.06. The molecule has 7 nitrogen and oxygen atoms in total. The van der Waals surface area contributed by atoms with E-state index in [9.17, 15) is 19.8 Å². The van der Waals surface area contributed by atoms with Gasteiger partial charge in [-0.15, -0.1) is 0 Å². The number of hydrogen-bond acceptors (Lipinski definition) is 5. The number of phenolic OH excluding ortho intramolecular Hbond substituents is 1. The average Bonchev–Trinajstić information content (AvgIpc) is 2.67. The molecule has 2 atom stereocenters. The van der Waals surface area contributed by atoms with Gasteiger partial charge in [0.15, 0.2) is 18.1 Å². The number of hydrogen-bond donors (Lipinski definition) is 4. The molecular weight excluding hydrogens is 360 g/mol. The van der Waals surface area contributed by atoms with E-state index >= 15 is 0 Å². The number of primary amides is 2. The molecule has 0 aliphatic heterocycles. The number of aromatic hydroxyl groups is 1. The van der Waals surface area contributed by atoms with Crippen LogP contribution in [0.15, 0.2) is 48.5 Å². The van der Waals surface area contributed by atoms with Gasteiger partial charge in [-0.3, -0.25) is 9.59 Å². The van der Waals surface area contributed by atoms with Crippen LogP contribution in [0.2, 0.25) is 0 Å². The topological polar surface area (TPSA) is 136 Å². The first kappa shape index (κ1) is 21.2. The molecule has 0 saturated heterocycles. The number of aliphatic hydroxyl groups excluding tert-OH is 1. The van der Waals surface area contributed by atoms with Crippen LogP contribution in [0.25, 0.3) is 0 Å². The number of nitrogens with two attached hydrogens (primary N) is 2. The highest BCUT2D eigenvalue weighted by Gasteiger charge is 2.22. The van der Waals surface area contributed by atoms with Crippen LogP contribution >= 0.6 is 0 Å². The van der Waals surface area contributed by atoms with Gasteiger partial charge in [0, 0.05) is 5.92 Å². The second kappa shape index (κ2) is 10.3. The summed E-state index contributed by atoms with van der Waals surface area (Å²) in [5, 5.41) is 20.7. The lowest BCUT2D eigenvalue weighted by atomic mass is 9.90. The predicted molar refractivity (Wildman–Crippen MR) is 105 cm³/mol. The quantitative estimate of drug-likeness (QED) is 0.461. The van der Waals surface area contributed by atoms with Crippen molar-refractivity contribution in [2.45, 2.75) is 31.8 Å². The molecule has 2 rings (SSSR count). The van der Waals surface area contributed by atoms with Gasteiger partial charge in [0.05, 0.1) is 6.10 Å². The highest BCUT2D eigenvalue weighted by atomic mass is 16.5. The van der Waals surface area contributed by atoms with E-state index in [4.69, 9.17) is 16.2 Å². The van der Waals surface area contributed by atoms with E-state index in [2.05, 4.69) is 0 Å². The molecule has 2 unspecified atom stereocenters. The first-order chi connectivity index (χ1) is 13.4. The summed E-state index contributed by atoms with van der Waals surface area (Å²) in [6, 6.07) is 14.5. The molecule has 2 amide bonds. The van der Waals surface area contributed by atoms with Crippen molar-refractivity contribution < 1.29 is 24.5 Å². The van der Waals surface area contributed by atoms with Crippen LogP contribution in [0, 0.1) is 5.92 Å². The van der Waals surface area contributed by atoms with Crippen LogP contribution in [0.4, 0.5) is 0 Å². The Bertz CT molecular complexity index is 795. The van der Waals surface area contributed by atoms with Crippen LogP contribution in [-0.4, -0.2) is 34.7 Å². The number of rotatable bonds is 11. The molecule has 2 aromatic rings. The van der Waals surface area contributed by atoms with E-state index in [-0.39, 0.29) is 30.9 Å². The third-order valence-corrected chi connectivity index (χ3v) is 4.49. The number of carbonyl (C=O) groups excluding carboxylic acids is 2. The van der Waals surface area contributed by atoms with Crippen LogP contribution in [0.5, 0.6) is 11.5 Å². The first-order valence-electron chi connectivity index (χ1n) is 9.10. The highest BCUT2D eigenvalue weighted by molar-refractivity contribution is 5.77. The summed E-state index contributed by atoms with van der Waals surface area (Å²) in [5.74, 6) is -1.94. The van der Waals surface area contributed by atoms with Gasteiger partial charge in [-0.25, -0.2) is 0 Å². The number of ether oxygens (including phenoxy) is 1. The zero-order valence-corrected chi connectivity index (χ0v) is 15.6. The van der Waals surface area contributed by atoms with Gasteiger partial charge >= 0.3 is 0 Å². The van der Waals surface area contributed by atoms with Crippen molar-refractivity contribution in [3.05, 3.63) is 59.7 Å². The van der Waals surface area contributed by atoms with E-state index in [0.29, 0.717) is 18.4 Å². The Kier molecular flexibility index (Phi) is 7.83. The van der Waals surface area contributed by atoms with E-state index in [1.807, 2.05) is 30.3 Å².